The zero-order valence-corrected chi connectivity index (χ0v) is 15.8. The van der Waals surface area contributed by atoms with E-state index < -0.39 is 17.7 Å². The first-order valence-corrected chi connectivity index (χ1v) is 8.72. The number of carbonyl (C=O) groups is 2. The number of rotatable bonds is 9. The van der Waals surface area contributed by atoms with Crippen molar-refractivity contribution in [1.82, 2.24) is 10.2 Å². The number of benzene rings is 2. The number of hydrogen-bond acceptors (Lipinski definition) is 5. The first kappa shape index (κ1) is 21.5. The molecule has 0 saturated heterocycles. The van der Waals surface area contributed by atoms with Gasteiger partial charge in [0.15, 0.2) is 0 Å². The second-order valence-electron chi connectivity index (χ2n) is 6.38. The van der Waals surface area contributed by atoms with Crippen molar-refractivity contribution in [1.29, 1.82) is 0 Å². The zero-order valence-electron chi connectivity index (χ0n) is 15.8. The van der Waals surface area contributed by atoms with Gasteiger partial charge in [0.2, 0.25) is 5.91 Å². The van der Waals surface area contributed by atoms with Crippen molar-refractivity contribution in [2.45, 2.75) is 6.54 Å². The van der Waals surface area contributed by atoms with E-state index in [1.54, 1.807) is 18.2 Å². The molecule has 0 radical (unpaired) electrons. The normalized spacial score (nSPS) is 10.8. The van der Waals surface area contributed by atoms with Gasteiger partial charge in [-0.3, -0.25) is 4.79 Å². The van der Waals surface area contributed by atoms with E-state index in [0.717, 1.165) is 6.07 Å². The summed E-state index contributed by atoms with van der Waals surface area (Å²) >= 11 is 0. The molecule has 28 heavy (non-hydrogen) atoms. The molecule has 0 bridgehead atoms. The fourth-order valence-corrected chi connectivity index (χ4v) is 2.30. The molecule has 0 spiro atoms. The molecular formula is C20H23F2N3O3. The molecule has 0 fully saturated rings. The van der Waals surface area contributed by atoms with E-state index in [0.29, 0.717) is 12.1 Å². The van der Waals surface area contributed by atoms with Gasteiger partial charge in [0, 0.05) is 18.7 Å². The molecule has 2 rings (SSSR count). The fourth-order valence-electron chi connectivity index (χ4n) is 2.30. The Morgan fingerprint density at radius 1 is 1.07 bits per heavy atom. The average Bonchev–Trinajstić information content (AvgIpc) is 2.64. The van der Waals surface area contributed by atoms with E-state index in [1.165, 1.54) is 18.2 Å². The highest BCUT2D eigenvalue weighted by molar-refractivity contribution is 5.95. The lowest BCUT2D eigenvalue weighted by atomic mass is 10.2. The molecule has 6 nitrogen and oxygen atoms in total. The first-order chi connectivity index (χ1) is 13.4. The van der Waals surface area contributed by atoms with Crippen LogP contribution in [0.3, 0.4) is 0 Å². The van der Waals surface area contributed by atoms with Crippen molar-refractivity contribution in [3.8, 4) is 0 Å². The SMILES string of the molecule is CN(C)CCOC(=O)c1ccc(F)c(NC(=O)CNCc2ccccc2F)c1. The summed E-state index contributed by atoms with van der Waals surface area (Å²) in [6, 6.07) is 9.80. The van der Waals surface area contributed by atoms with Gasteiger partial charge in [0.05, 0.1) is 17.8 Å². The number of ether oxygens (including phenoxy) is 1. The fraction of sp³-hybridized carbons (Fsp3) is 0.300. The Hall–Kier alpha value is -2.84. The summed E-state index contributed by atoms with van der Waals surface area (Å²) < 4.78 is 32.6. The van der Waals surface area contributed by atoms with E-state index in [2.05, 4.69) is 10.6 Å². The quantitative estimate of drug-likeness (QED) is 0.643. The average molecular weight is 391 g/mol. The van der Waals surface area contributed by atoms with Gasteiger partial charge in [-0.2, -0.15) is 0 Å². The van der Waals surface area contributed by atoms with E-state index in [1.807, 2.05) is 19.0 Å². The van der Waals surface area contributed by atoms with Crippen LogP contribution in [-0.4, -0.2) is 50.6 Å². The number of esters is 1. The summed E-state index contributed by atoms with van der Waals surface area (Å²) in [5.74, 6) is -2.17. The molecule has 0 aliphatic heterocycles. The second-order valence-corrected chi connectivity index (χ2v) is 6.38. The number of anilines is 1. The molecule has 0 saturated carbocycles. The van der Waals surface area contributed by atoms with Gasteiger partial charge in [-0.25, -0.2) is 13.6 Å². The zero-order chi connectivity index (χ0) is 20.5. The van der Waals surface area contributed by atoms with Crippen molar-refractivity contribution < 1.29 is 23.1 Å². The van der Waals surface area contributed by atoms with Gasteiger partial charge in [-0.15, -0.1) is 0 Å². The van der Waals surface area contributed by atoms with Crippen LogP contribution in [0, 0.1) is 11.6 Å². The number of nitrogens with zero attached hydrogens (tertiary/aromatic N) is 1. The minimum absolute atomic E-state index is 0.125. The highest BCUT2D eigenvalue weighted by atomic mass is 19.1. The van der Waals surface area contributed by atoms with Crippen LogP contribution >= 0.6 is 0 Å². The maximum atomic E-state index is 13.9. The summed E-state index contributed by atoms with van der Waals surface area (Å²) in [5.41, 5.74) is 0.429. The standard InChI is InChI=1S/C20H23F2N3O3/c1-25(2)9-10-28-20(27)14-7-8-17(22)18(11-14)24-19(26)13-23-12-15-5-3-4-6-16(15)21/h3-8,11,23H,9-10,12-13H2,1-2H3,(H,24,26). The summed E-state index contributed by atoms with van der Waals surface area (Å²) in [5, 5.41) is 5.18. The predicted octanol–water partition coefficient (Wildman–Crippen LogP) is 2.41. The molecule has 8 heteroatoms. The molecule has 2 aromatic carbocycles. The van der Waals surface area contributed by atoms with Gasteiger partial charge < -0.3 is 20.3 Å². The van der Waals surface area contributed by atoms with E-state index in [-0.39, 0.29) is 36.8 Å². The molecule has 150 valence electrons. The van der Waals surface area contributed by atoms with E-state index in [9.17, 15) is 18.4 Å². The molecule has 0 atom stereocenters. The van der Waals surface area contributed by atoms with Crippen LogP contribution in [0.2, 0.25) is 0 Å². The van der Waals surface area contributed by atoms with Gasteiger partial charge in [0.1, 0.15) is 18.2 Å². The van der Waals surface area contributed by atoms with Gasteiger partial charge in [-0.05, 0) is 38.4 Å². The molecule has 2 N–H and O–H groups in total. The number of halogens is 2. The lowest BCUT2D eigenvalue weighted by Crippen LogP contribution is -2.28. The molecule has 0 unspecified atom stereocenters. The molecule has 2 aromatic rings. The molecular weight excluding hydrogens is 368 g/mol. The summed E-state index contributed by atoms with van der Waals surface area (Å²) in [6.45, 7) is 0.765. The maximum Gasteiger partial charge on any atom is 0.338 e. The Kier molecular flexibility index (Phi) is 8.03. The van der Waals surface area contributed by atoms with Crippen LogP contribution in [0.5, 0.6) is 0 Å². The maximum absolute atomic E-state index is 13.9. The van der Waals surface area contributed by atoms with Crippen molar-refractivity contribution in [2.24, 2.45) is 0 Å². The van der Waals surface area contributed by atoms with Gasteiger partial charge in [0.25, 0.3) is 0 Å². The third-order valence-corrected chi connectivity index (χ3v) is 3.81. The Morgan fingerprint density at radius 3 is 2.54 bits per heavy atom. The minimum Gasteiger partial charge on any atom is -0.461 e. The van der Waals surface area contributed by atoms with Gasteiger partial charge >= 0.3 is 5.97 Å². The van der Waals surface area contributed by atoms with Crippen molar-refractivity contribution in [3.63, 3.8) is 0 Å². The minimum atomic E-state index is -0.674. The molecule has 0 aromatic heterocycles. The number of nitrogens with one attached hydrogen (secondary N) is 2. The first-order valence-electron chi connectivity index (χ1n) is 8.72. The third kappa shape index (κ3) is 6.71. The van der Waals surface area contributed by atoms with E-state index >= 15 is 0 Å². The Morgan fingerprint density at radius 2 is 1.82 bits per heavy atom. The predicted molar refractivity (Wildman–Crippen MR) is 102 cm³/mol. The van der Waals surface area contributed by atoms with Crippen molar-refractivity contribution in [3.05, 3.63) is 65.2 Å². The molecule has 0 aliphatic carbocycles. The smallest absolute Gasteiger partial charge is 0.338 e. The monoisotopic (exact) mass is 391 g/mol. The van der Waals surface area contributed by atoms with E-state index in [4.69, 9.17) is 4.74 Å². The van der Waals surface area contributed by atoms with Crippen molar-refractivity contribution >= 4 is 17.6 Å². The Labute approximate surface area is 162 Å². The molecule has 0 heterocycles. The highest BCUT2D eigenvalue weighted by Crippen LogP contribution is 2.17. The van der Waals surface area contributed by atoms with Crippen molar-refractivity contribution in [2.75, 3.05) is 39.1 Å². The Balaban J connectivity index is 1.89. The summed E-state index contributed by atoms with van der Waals surface area (Å²) in [7, 11) is 3.69. The lowest BCUT2D eigenvalue weighted by molar-refractivity contribution is -0.115. The second kappa shape index (κ2) is 10.5. The largest absolute Gasteiger partial charge is 0.461 e. The van der Waals surface area contributed by atoms with Crippen LogP contribution < -0.4 is 10.6 Å². The highest BCUT2D eigenvalue weighted by Gasteiger charge is 2.13. The number of hydrogen-bond donors (Lipinski definition) is 2. The van der Waals surface area contributed by atoms with Crippen LogP contribution in [0.4, 0.5) is 14.5 Å². The molecule has 1 amide bonds. The third-order valence-electron chi connectivity index (χ3n) is 3.81. The van der Waals surface area contributed by atoms with Crippen LogP contribution in [0.15, 0.2) is 42.5 Å². The lowest BCUT2D eigenvalue weighted by Gasteiger charge is -2.11. The molecule has 0 aliphatic rings. The summed E-state index contributed by atoms with van der Waals surface area (Å²) in [6.07, 6.45) is 0. The topological polar surface area (TPSA) is 70.7 Å². The number of carbonyl (C=O) groups excluding carboxylic acids is 2. The van der Waals surface area contributed by atoms with Crippen LogP contribution in [-0.2, 0) is 16.1 Å². The van der Waals surface area contributed by atoms with Gasteiger partial charge in [-0.1, -0.05) is 18.2 Å². The summed E-state index contributed by atoms with van der Waals surface area (Å²) in [4.78, 5) is 25.9. The number of likely N-dealkylation sites (N-methyl/N-ethyl adjacent to an activating group) is 1. The van der Waals surface area contributed by atoms with Crippen LogP contribution in [0.1, 0.15) is 15.9 Å². The Bertz CT molecular complexity index is 828. The number of amides is 1. The van der Waals surface area contributed by atoms with Crippen LogP contribution in [0.25, 0.3) is 0 Å².